The molecular formula is C32H42N2O5. The van der Waals surface area contributed by atoms with Crippen molar-refractivity contribution in [1.82, 2.24) is 10.6 Å². The Morgan fingerprint density at radius 2 is 1.54 bits per heavy atom. The van der Waals surface area contributed by atoms with Gasteiger partial charge in [-0.3, -0.25) is 0 Å². The number of methoxy groups -OCH3 is 1. The van der Waals surface area contributed by atoms with Gasteiger partial charge in [0.15, 0.2) is 0 Å². The van der Waals surface area contributed by atoms with Crippen LogP contribution in [0, 0.1) is 0 Å². The first-order valence-electron chi connectivity index (χ1n) is 13.3. The third-order valence-corrected chi connectivity index (χ3v) is 6.31. The highest BCUT2D eigenvalue weighted by Crippen LogP contribution is 2.24. The van der Waals surface area contributed by atoms with Gasteiger partial charge in [-0.1, -0.05) is 54.6 Å². The molecule has 210 valence electrons. The molecule has 0 bridgehead atoms. The molecule has 2 atom stereocenters. The maximum Gasteiger partial charge on any atom is 0.407 e. The van der Waals surface area contributed by atoms with E-state index in [-0.39, 0.29) is 6.54 Å². The van der Waals surface area contributed by atoms with Crippen LogP contribution in [0.5, 0.6) is 11.5 Å². The van der Waals surface area contributed by atoms with Gasteiger partial charge in [-0.15, -0.1) is 0 Å². The van der Waals surface area contributed by atoms with Crippen molar-refractivity contribution in [3.8, 4) is 11.5 Å². The Hall–Kier alpha value is -3.55. The average molecular weight is 535 g/mol. The maximum absolute atomic E-state index is 12.7. The monoisotopic (exact) mass is 534 g/mol. The van der Waals surface area contributed by atoms with Crippen molar-refractivity contribution in [2.45, 2.75) is 70.9 Å². The van der Waals surface area contributed by atoms with E-state index in [4.69, 9.17) is 14.2 Å². The molecule has 3 aromatic carbocycles. The van der Waals surface area contributed by atoms with Crippen molar-refractivity contribution in [2.24, 2.45) is 0 Å². The first kappa shape index (κ1) is 30.0. The molecule has 0 saturated heterocycles. The third-order valence-electron chi connectivity index (χ3n) is 6.31. The number of carbonyl (C=O) groups is 1. The smallest absolute Gasteiger partial charge is 0.407 e. The average Bonchev–Trinajstić information content (AvgIpc) is 2.90. The van der Waals surface area contributed by atoms with E-state index in [0.717, 1.165) is 28.2 Å². The number of aliphatic hydroxyl groups is 1. The summed E-state index contributed by atoms with van der Waals surface area (Å²) in [5.41, 5.74) is 1.92. The third kappa shape index (κ3) is 9.93. The minimum Gasteiger partial charge on any atom is -0.497 e. The maximum atomic E-state index is 12.7. The largest absolute Gasteiger partial charge is 0.497 e. The van der Waals surface area contributed by atoms with E-state index in [0.29, 0.717) is 13.0 Å². The van der Waals surface area contributed by atoms with Gasteiger partial charge in [0.2, 0.25) is 0 Å². The van der Waals surface area contributed by atoms with Crippen molar-refractivity contribution >= 4 is 6.09 Å². The van der Waals surface area contributed by atoms with Gasteiger partial charge in [0, 0.05) is 12.1 Å². The van der Waals surface area contributed by atoms with Crippen molar-refractivity contribution in [3.05, 3.63) is 95.6 Å². The minimum absolute atomic E-state index is 0.245. The van der Waals surface area contributed by atoms with Crippen LogP contribution in [0.15, 0.2) is 78.9 Å². The molecule has 7 nitrogen and oxygen atoms in total. The molecule has 0 aliphatic heterocycles. The van der Waals surface area contributed by atoms with Crippen molar-refractivity contribution in [2.75, 3.05) is 13.7 Å². The van der Waals surface area contributed by atoms with Gasteiger partial charge in [-0.2, -0.15) is 0 Å². The predicted octanol–water partition coefficient (Wildman–Crippen LogP) is 5.60. The summed E-state index contributed by atoms with van der Waals surface area (Å²) in [5, 5.41) is 17.6. The number of carbonyl (C=O) groups excluding carboxylic acids is 1. The second kappa shape index (κ2) is 13.5. The quantitative estimate of drug-likeness (QED) is 0.281. The molecule has 0 heterocycles. The van der Waals surface area contributed by atoms with Crippen LogP contribution in [0.3, 0.4) is 0 Å². The molecule has 0 aliphatic carbocycles. The summed E-state index contributed by atoms with van der Waals surface area (Å²) in [6.07, 6.45) is -1.07. The normalized spacial score (nSPS) is 13.3. The Kier molecular flexibility index (Phi) is 10.4. The molecule has 39 heavy (non-hydrogen) atoms. The molecule has 3 rings (SSSR count). The molecule has 0 saturated carbocycles. The number of rotatable bonds is 12. The fourth-order valence-corrected chi connectivity index (χ4v) is 4.12. The zero-order valence-electron chi connectivity index (χ0n) is 23.9. The van der Waals surface area contributed by atoms with Crippen LogP contribution >= 0.6 is 0 Å². The van der Waals surface area contributed by atoms with Crippen LogP contribution in [-0.4, -0.2) is 42.6 Å². The van der Waals surface area contributed by atoms with Gasteiger partial charge in [0.1, 0.15) is 23.7 Å². The number of hydrogen-bond acceptors (Lipinski definition) is 6. The van der Waals surface area contributed by atoms with Crippen LogP contribution in [0.1, 0.15) is 51.3 Å². The number of aliphatic hydroxyl groups excluding tert-OH is 1. The lowest BCUT2D eigenvalue weighted by Crippen LogP contribution is -2.52. The summed E-state index contributed by atoms with van der Waals surface area (Å²) in [6, 6.07) is 24.9. The molecule has 1 amide bonds. The minimum atomic E-state index is -0.892. The molecular weight excluding hydrogens is 492 g/mol. The lowest BCUT2D eigenvalue weighted by molar-refractivity contribution is 0.0415. The molecule has 7 heteroatoms. The first-order chi connectivity index (χ1) is 18.4. The SMILES string of the molecule is COc1cccc(C(C)(C)NC[C@@H](O)[C@H](Cc2cccc(OCc3ccccc3)c2)NC(=O)OC(C)(C)C)c1. The van der Waals surface area contributed by atoms with Crippen molar-refractivity contribution in [3.63, 3.8) is 0 Å². The second-order valence-electron chi connectivity index (χ2n) is 11.2. The first-order valence-corrected chi connectivity index (χ1v) is 13.3. The van der Waals surface area contributed by atoms with E-state index in [1.165, 1.54) is 0 Å². The molecule has 3 N–H and O–H groups in total. The standard InChI is InChI=1S/C32H42N2O5/c1-31(2,3)39-30(36)34-28(29(35)21-33-32(4,5)25-15-11-16-26(20-25)37-6)19-24-14-10-17-27(18-24)38-22-23-12-8-7-9-13-23/h7-18,20,28-29,33,35H,19,21-22H2,1-6H3,(H,34,36)/t28-,29+/m0/s1. The fraction of sp³-hybridized carbons (Fsp3) is 0.406. The second-order valence-corrected chi connectivity index (χ2v) is 11.2. The molecule has 0 aliphatic rings. The number of hydrogen-bond donors (Lipinski definition) is 3. The van der Waals surface area contributed by atoms with Gasteiger partial charge in [-0.05, 0) is 82.0 Å². The number of ether oxygens (including phenoxy) is 3. The van der Waals surface area contributed by atoms with E-state index in [1.54, 1.807) is 7.11 Å². The van der Waals surface area contributed by atoms with Crippen molar-refractivity contribution < 1.29 is 24.1 Å². The van der Waals surface area contributed by atoms with Crippen LogP contribution in [-0.2, 0) is 23.3 Å². The summed E-state index contributed by atoms with van der Waals surface area (Å²) in [7, 11) is 1.64. The van der Waals surface area contributed by atoms with Gasteiger partial charge in [0.05, 0.1) is 19.3 Å². The fourth-order valence-electron chi connectivity index (χ4n) is 4.12. The van der Waals surface area contributed by atoms with Gasteiger partial charge < -0.3 is 30.0 Å². The number of nitrogens with one attached hydrogen (secondary N) is 2. The summed E-state index contributed by atoms with van der Waals surface area (Å²) < 4.78 is 16.8. The molecule has 0 radical (unpaired) electrons. The zero-order chi connectivity index (χ0) is 28.5. The molecule has 3 aromatic rings. The van der Waals surface area contributed by atoms with Crippen molar-refractivity contribution in [1.29, 1.82) is 0 Å². The Balaban J connectivity index is 1.71. The van der Waals surface area contributed by atoms with E-state index >= 15 is 0 Å². The summed E-state index contributed by atoms with van der Waals surface area (Å²) >= 11 is 0. The van der Waals surface area contributed by atoms with Gasteiger partial charge in [-0.25, -0.2) is 4.79 Å². The highest BCUT2D eigenvalue weighted by Gasteiger charge is 2.28. The predicted molar refractivity (Wildman–Crippen MR) is 154 cm³/mol. The van der Waals surface area contributed by atoms with Crippen LogP contribution in [0.4, 0.5) is 4.79 Å². The topological polar surface area (TPSA) is 89.0 Å². The van der Waals surface area contributed by atoms with Crippen LogP contribution in [0.2, 0.25) is 0 Å². The highest BCUT2D eigenvalue weighted by atomic mass is 16.6. The molecule has 0 aromatic heterocycles. The summed E-state index contributed by atoms with van der Waals surface area (Å²) in [6.45, 7) is 10.2. The highest BCUT2D eigenvalue weighted by molar-refractivity contribution is 5.68. The summed E-state index contributed by atoms with van der Waals surface area (Å²) in [4.78, 5) is 12.7. The van der Waals surface area contributed by atoms with E-state index < -0.39 is 29.4 Å². The van der Waals surface area contributed by atoms with E-state index in [9.17, 15) is 9.90 Å². The molecule has 0 fully saturated rings. The number of alkyl carbamates (subject to hydrolysis) is 1. The van der Waals surface area contributed by atoms with E-state index in [1.807, 2.05) is 113 Å². The zero-order valence-corrected chi connectivity index (χ0v) is 23.9. The Morgan fingerprint density at radius 3 is 2.23 bits per heavy atom. The molecule has 0 spiro atoms. The number of benzene rings is 3. The molecule has 0 unspecified atom stereocenters. The summed E-state index contributed by atoms with van der Waals surface area (Å²) in [5.74, 6) is 1.49. The Morgan fingerprint density at radius 1 is 0.872 bits per heavy atom. The van der Waals surface area contributed by atoms with Gasteiger partial charge in [0.25, 0.3) is 0 Å². The Bertz CT molecular complexity index is 1190. The lowest BCUT2D eigenvalue weighted by Gasteiger charge is -2.32. The van der Waals surface area contributed by atoms with Crippen LogP contribution < -0.4 is 20.1 Å². The Labute approximate surface area is 232 Å². The number of amides is 1. The van der Waals surface area contributed by atoms with Gasteiger partial charge >= 0.3 is 6.09 Å². The van der Waals surface area contributed by atoms with Crippen LogP contribution in [0.25, 0.3) is 0 Å². The van der Waals surface area contributed by atoms with E-state index in [2.05, 4.69) is 10.6 Å². The lowest BCUT2D eigenvalue weighted by atomic mass is 9.93.